The molecule has 1 nitrogen and oxygen atoms in total. The molecule has 1 aromatic rings. The van der Waals surface area contributed by atoms with Crippen LogP contribution in [0.1, 0.15) is 31.4 Å². The predicted molar refractivity (Wildman–Crippen MR) is 74.8 cm³/mol. The van der Waals surface area contributed by atoms with E-state index in [2.05, 4.69) is 30.5 Å². The maximum absolute atomic E-state index is 5.70. The van der Waals surface area contributed by atoms with Crippen molar-refractivity contribution in [3.05, 3.63) is 17.2 Å². The summed E-state index contributed by atoms with van der Waals surface area (Å²) in [6, 6.07) is 2.15. The zero-order valence-corrected chi connectivity index (χ0v) is 13.9. The van der Waals surface area contributed by atoms with E-state index in [4.69, 9.17) is 4.74 Å². The van der Waals surface area contributed by atoms with Crippen LogP contribution in [0.5, 0.6) is 5.75 Å². The molecule has 0 N–H and O–H groups in total. The van der Waals surface area contributed by atoms with Crippen LogP contribution < -0.4 is 8.25 Å². The molecule has 3 heteroatoms. The third-order valence-electron chi connectivity index (χ3n) is 2.56. The second kappa shape index (κ2) is 6.81. The van der Waals surface area contributed by atoms with Crippen LogP contribution in [-0.4, -0.2) is 28.2 Å². The molecule has 0 spiro atoms. The average molecular weight is 346 g/mol. The van der Waals surface area contributed by atoms with E-state index in [0.29, 0.717) is 0 Å². The van der Waals surface area contributed by atoms with E-state index in [1.807, 2.05) is 13.8 Å². The van der Waals surface area contributed by atoms with Gasteiger partial charge in [-0.3, -0.25) is 0 Å². The molecule has 0 unspecified atom stereocenters. The Kier molecular flexibility index (Phi) is 6.07. The number of hydrogen-bond donors (Lipinski definition) is 1. The van der Waals surface area contributed by atoms with Crippen molar-refractivity contribution in [2.24, 2.45) is 0 Å². The van der Waals surface area contributed by atoms with Crippen LogP contribution in [0.4, 0.5) is 0 Å². The van der Waals surface area contributed by atoms with Crippen molar-refractivity contribution in [2.45, 2.75) is 43.4 Å². The topological polar surface area (TPSA) is 9.23 Å². The summed E-state index contributed by atoms with van der Waals surface area (Å²) in [6.07, 6.45) is 2.34. The van der Waals surface area contributed by atoms with Crippen molar-refractivity contribution in [3.8, 4) is 5.75 Å². The van der Waals surface area contributed by atoms with Crippen molar-refractivity contribution in [2.75, 3.05) is 6.61 Å². The van der Waals surface area contributed by atoms with Gasteiger partial charge in [0.05, 0.1) is 0 Å². The summed E-state index contributed by atoms with van der Waals surface area (Å²) in [7, 11) is 0. The van der Waals surface area contributed by atoms with E-state index >= 15 is 0 Å². The molecule has 0 aliphatic carbocycles. The molecule has 0 atom stereocenters. The van der Waals surface area contributed by atoms with Crippen molar-refractivity contribution in [3.63, 3.8) is 0 Å². The predicted octanol–water partition coefficient (Wildman–Crippen LogP) is 3.01. The number of thiol groups is 1. The number of aryl methyl sites for hydroxylation is 1. The summed E-state index contributed by atoms with van der Waals surface area (Å²) in [5.74, 6) is 1.07. The molecule has 0 fully saturated rings. The number of ether oxygens (including phenoxy) is 1. The Bertz CT molecular complexity index is 343. The summed E-state index contributed by atoms with van der Waals surface area (Å²) in [6.45, 7) is 7.05. The molecule has 16 heavy (non-hydrogen) atoms. The van der Waals surface area contributed by atoms with E-state index in [-0.39, 0.29) is 21.6 Å². The van der Waals surface area contributed by atoms with Gasteiger partial charge >= 0.3 is 102 Å². The first-order valence-corrected chi connectivity index (χ1v) is 10.1. The van der Waals surface area contributed by atoms with E-state index in [1.165, 1.54) is 17.5 Å². The Morgan fingerprint density at radius 2 is 2.06 bits per heavy atom. The monoisotopic (exact) mass is 345 g/mol. The SMILES string of the molecule is CC.[CH3][Sb][c]1c(C)cc(S)c2c1CCCO2. The van der Waals surface area contributed by atoms with Gasteiger partial charge in [0.1, 0.15) is 0 Å². The van der Waals surface area contributed by atoms with E-state index in [9.17, 15) is 0 Å². The van der Waals surface area contributed by atoms with Crippen LogP contribution in [0.25, 0.3) is 0 Å². The molecule has 0 amide bonds. The minimum absolute atomic E-state index is 0.200. The molecule has 0 saturated heterocycles. The van der Waals surface area contributed by atoms with Crippen molar-refractivity contribution in [1.82, 2.24) is 0 Å². The normalized spacial score (nSPS) is 13.3. The Labute approximate surface area is 115 Å². The minimum atomic E-state index is -0.200. The summed E-state index contributed by atoms with van der Waals surface area (Å²) < 4.78 is 7.31. The molecule has 0 aromatic heterocycles. The molecular formula is C13H20OSSb. The first kappa shape index (κ1) is 14.2. The number of benzene rings is 1. The van der Waals surface area contributed by atoms with Gasteiger partial charge in [-0.15, -0.1) is 0 Å². The van der Waals surface area contributed by atoms with Crippen molar-refractivity contribution >= 4 is 37.8 Å². The number of hydrogen-bond acceptors (Lipinski definition) is 2. The first-order chi connectivity index (χ1) is 7.74. The van der Waals surface area contributed by atoms with Gasteiger partial charge in [0.2, 0.25) is 0 Å². The maximum atomic E-state index is 5.70. The van der Waals surface area contributed by atoms with Crippen LogP contribution in [0.15, 0.2) is 11.0 Å². The quantitative estimate of drug-likeness (QED) is 0.608. The van der Waals surface area contributed by atoms with Crippen LogP contribution in [0.2, 0.25) is 4.87 Å². The van der Waals surface area contributed by atoms with Crippen molar-refractivity contribution in [1.29, 1.82) is 0 Å². The fourth-order valence-corrected chi connectivity index (χ4v) is 4.93. The molecule has 1 aliphatic rings. The molecule has 1 aliphatic heterocycles. The molecule has 1 radical (unpaired) electrons. The molecule has 0 bridgehead atoms. The van der Waals surface area contributed by atoms with Crippen LogP contribution in [0.3, 0.4) is 0 Å². The fourth-order valence-electron chi connectivity index (χ4n) is 1.97. The van der Waals surface area contributed by atoms with Crippen molar-refractivity contribution < 1.29 is 4.74 Å². The third kappa shape index (κ3) is 2.90. The van der Waals surface area contributed by atoms with Crippen LogP contribution in [0, 0.1) is 6.92 Å². The van der Waals surface area contributed by atoms with Gasteiger partial charge in [0, 0.05) is 0 Å². The Morgan fingerprint density at radius 1 is 1.38 bits per heavy atom. The second-order valence-corrected chi connectivity index (χ2v) is 6.58. The van der Waals surface area contributed by atoms with Crippen LogP contribution >= 0.6 is 12.6 Å². The molecule has 0 saturated carbocycles. The van der Waals surface area contributed by atoms with E-state index in [0.717, 1.165) is 23.7 Å². The van der Waals surface area contributed by atoms with Gasteiger partial charge in [-0.2, -0.15) is 0 Å². The van der Waals surface area contributed by atoms with Crippen LogP contribution in [-0.2, 0) is 6.42 Å². The molecule has 89 valence electrons. The molecule has 1 heterocycles. The summed E-state index contributed by atoms with van der Waals surface area (Å²) in [4.78, 5) is 3.37. The fraction of sp³-hybridized carbons (Fsp3) is 0.538. The van der Waals surface area contributed by atoms with Gasteiger partial charge in [-0.05, 0) is 0 Å². The third-order valence-corrected chi connectivity index (χ3v) is 5.95. The second-order valence-electron chi connectivity index (χ2n) is 3.54. The standard InChI is InChI=1S/C10H11OS.C2H6.CH3.Sb/c1-7-5-8-3-2-4-11-10(8)9(12)6-7;1-2;;/h6,12H,2-4H2,1H3;1-2H3;1H3;. The average Bonchev–Trinajstić information content (AvgIpc) is 2.32. The van der Waals surface area contributed by atoms with Gasteiger partial charge in [0.25, 0.3) is 0 Å². The molecule has 1 aromatic carbocycles. The number of fused-ring (bicyclic) bond motifs is 1. The zero-order chi connectivity index (χ0) is 12.1. The Hall–Kier alpha value is 0.188. The number of rotatable bonds is 1. The first-order valence-electron chi connectivity index (χ1n) is 5.82. The zero-order valence-electron chi connectivity index (χ0n) is 10.5. The van der Waals surface area contributed by atoms with Gasteiger partial charge in [-0.25, -0.2) is 0 Å². The Morgan fingerprint density at radius 3 is 2.69 bits per heavy atom. The molecular weight excluding hydrogens is 326 g/mol. The molecule has 2 rings (SSSR count). The summed E-state index contributed by atoms with van der Waals surface area (Å²) in [5.41, 5.74) is 2.87. The summed E-state index contributed by atoms with van der Waals surface area (Å²) >= 11 is 4.28. The summed E-state index contributed by atoms with van der Waals surface area (Å²) in [5, 5.41) is 0. The van der Waals surface area contributed by atoms with Gasteiger partial charge in [-0.1, -0.05) is 13.8 Å². The van der Waals surface area contributed by atoms with E-state index < -0.39 is 0 Å². The van der Waals surface area contributed by atoms with Gasteiger partial charge < -0.3 is 0 Å². The van der Waals surface area contributed by atoms with Gasteiger partial charge in [0.15, 0.2) is 0 Å². The van der Waals surface area contributed by atoms with E-state index in [1.54, 1.807) is 3.51 Å². The Balaban J connectivity index is 0.000000606.